The van der Waals surface area contributed by atoms with E-state index in [2.05, 4.69) is 17.6 Å². The van der Waals surface area contributed by atoms with E-state index in [0.717, 1.165) is 23.5 Å². The van der Waals surface area contributed by atoms with Gasteiger partial charge in [-0.1, -0.05) is 31.2 Å². The lowest BCUT2D eigenvalue weighted by molar-refractivity contribution is -0.114. The first-order chi connectivity index (χ1) is 10.3. The number of ether oxygens (including phenoxy) is 1. The second-order valence-corrected chi connectivity index (χ2v) is 4.64. The van der Waals surface area contributed by atoms with Crippen LogP contribution in [0, 0.1) is 0 Å². The lowest BCUT2D eigenvalue weighted by Crippen LogP contribution is -2.21. The summed E-state index contributed by atoms with van der Waals surface area (Å²) < 4.78 is 5.54. The lowest BCUT2D eigenvalue weighted by atomic mass is 10.3. The summed E-state index contributed by atoms with van der Waals surface area (Å²) in [6.07, 6.45) is 0.956. The molecule has 2 rings (SSSR count). The molecule has 4 heteroatoms. The Balaban J connectivity index is 1.84. The normalized spacial score (nSPS) is 9.95. The van der Waals surface area contributed by atoms with Crippen LogP contribution in [0.15, 0.2) is 54.6 Å². The van der Waals surface area contributed by atoms with Crippen LogP contribution < -0.4 is 15.4 Å². The predicted octanol–water partition coefficient (Wildman–Crippen LogP) is 3.53. The van der Waals surface area contributed by atoms with Gasteiger partial charge in [0.05, 0.1) is 13.2 Å². The van der Waals surface area contributed by atoms with Crippen molar-refractivity contribution in [3.05, 3.63) is 54.6 Å². The summed E-state index contributed by atoms with van der Waals surface area (Å²) in [6, 6.07) is 17.1. The van der Waals surface area contributed by atoms with Gasteiger partial charge in [0.1, 0.15) is 5.75 Å². The van der Waals surface area contributed by atoms with Gasteiger partial charge in [0, 0.05) is 17.4 Å². The molecule has 0 aliphatic heterocycles. The third-order valence-corrected chi connectivity index (χ3v) is 2.82. The number of carbonyl (C=O) groups excluding carboxylic acids is 1. The number of nitrogens with one attached hydrogen (secondary N) is 2. The molecule has 0 aromatic heterocycles. The molecule has 2 aromatic carbocycles. The quantitative estimate of drug-likeness (QED) is 0.818. The van der Waals surface area contributed by atoms with E-state index < -0.39 is 0 Å². The fraction of sp³-hybridized carbons (Fsp3) is 0.235. The summed E-state index contributed by atoms with van der Waals surface area (Å²) in [4.78, 5) is 11.9. The molecule has 0 aliphatic carbocycles. The Labute approximate surface area is 125 Å². The Hall–Kier alpha value is -2.49. The van der Waals surface area contributed by atoms with Gasteiger partial charge in [-0.3, -0.25) is 4.79 Å². The summed E-state index contributed by atoms with van der Waals surface area (Å²) in [7, 11) is 0. The average Bonchev–Trinajstić information content (AvgIpc) is 2.52. The highest BCUT2D eigenvalue weighted by Crippen LogP contribution is 2.17. The maximum Gasteiger partial charge on any atom is 0.243 e. The van der Waals surface area contributed by atoms with Crippen molar-refractivity contribution >= 4 is 17.3 Å². The fourth-order valence-electron chi connectivity index (χ4n) is 1.83. The number of carbonyl (C=O) groups is 1. The Morgan fingerprint density at radius 1 is 1.05 bits per heavy atom. The van der Waals surface area contributed by atoms with E-state index in [1.165, 1.54) is 0 Å². The van der Waals surface area contributed by atoms with Crippen molar-refractivity contribution < 1.29 is 9.53 Å². The largest absolute Gasteiger partial charge is 0.494 e. The number of hydrogen-bond acceptors (Lipinski definition) is 3. The Morgan fingerprint density at radius 3 is 2.57 bits per heavy atom. The smallest absolute Gasteiger partial charge is 0.243 e. The van der Waals surface area contributed by atoms with Gasteiger partial charge >= 0.3 is 0 Å². The molecule has 0 atom stereocenters. The van der Waals surface area contributed by atoms with Gasteiger partial charge in [-0.2, -0.15) is 0 Å². The number of para-hydroxylation sites is 1. The van der Waals surface area contributed by atoms with Crippen LogP contribution in [-0.4, -0.2) is 19.1 Å². The van der Waals surface area contributed by atoms with Gasteiger partial charge in [0.2, 0.25) is 5.91 Å². The second kappa shape index (κ2) is 7.94. The molecule has 0 bridgehead atoms. The summed E-state index contributed by atoms with van der Waals surface area (Å²) in [5.41, 5.74) is 1.66. The fourth-order valence-corrected chi connectivity index (χ4v) is 1.83. The number of amides is 1. The third kappa shape index (κ3) is 5.18. The molecule has 0 saturated heterocycles. The van der Waals surface area contributed by atoms with Gasteiger partial charge in [-0.05, 0) is 30.7 Å². The highest BCUT2D eigenvalue weighted by atomic mass is 16.5. The van der Waals surface area contributed by atoms with Crippen molar-refractivity contribution in [2.24, 2.45) is 0 Å². The Morgan fingerprint density at radius 2 is 1.81 bits per heavy atom. The second-order valence-electron chi connectivity index (χ2n) is 4.64. The summed E-state index contributed by atoms with van der Waals surface area (Å²) in [6.45, 7) is 2.96. The maximum atomic E-state index is 11.9. The van der Waals surface area contributed by atoms with E-state index in [0.29, 0.717) is 6.61 Å². The molecular formula is C17H20N2O2. The molecule has 2 N–H and O–H groups in total. The van der Waals surface area contributed by atoms with E-state index in [9.17, 15) is 4.79 Å². The van der Waals surface area contributed by atoms with Crippen LogP contribution in [-0.2, 0) is 4.79 Å². The van der Waals surface area contributed by atoms with Crippen LogP contribution in [0.4, 0.5) is 11.4 Å². The molecule has 110 valence electrons. The molecule has 0 radical (unpaired) electrons. The lowest BCUT2D eigenvalue weighted by Gasteiger charge is -2.09. The monoisotopic (exact) mass is 284 g/mol. The Kier molecular flexibility index (Phi) is 5.64. The molecule has 21 heavy (non-hydrogen) atoms. The summed E-state index contributed by atoms with van der Waals surface area (Å²) in [5.74, 6) is 0.678. The zero-order chi connectivity index (χ0) is 14.9. The predicted molar refractivity (Wildman–Crippen MR) is 85.8 cm³/mol. The Bertz CT molecular complexity index is 570. The molecule has 0 saturated carbocycles. The van der Waals surface area contributed by atoms with Gasteiger partial charge in [0.15, 0.2) is 0 Å². The highest BCUT2D eigenvalue weighted by Gasteiger charge is 2.03. The zero-order valence-electron chi connectivity index (χ0n) is 12.1. The molecular weight excluding hydrogens is 264 g/mol. The first kappa shape index (κ1) is 14.9. The molecule has 0 spiro atoms. The van der Waals surface area contributed by atoms with Crippen molar-refractivity contribution in [3.8, 4) is 5.75 Å². The minimum absolute atomic E-state index is 0.0912. The van der Waals surface area contributed by atoms with Gasteiger partial charge in [-0.15, -0.1) is 0 Å². The van der Waals surface area contributed by atoms with Gasteiger partial charge in [0.25, 0.3) is 0 Å². The van der Waals surface area contributed by atoms with Crippen molar-refractivity contribution in [1.82, 2.24) is 0 Å². The highest BCUT2D eigenvalue weighted by molar-refractivity contribution is 5.93. The summed E-state index contributed by atoms with van der Waals surface area (Å²) >= 11 is 0. The maximum absolute atomic E-state index is 11.9. The van der Waals surface area contributed by atoms with E-state index in [4.69, 9.17) is 4.74 Å². The minimum Gasteiger partial charge on any atom is -0.494 e. The van der Waals surface area contributed by atoms with Crippen LogP contribution in [0.5, 0.6) is 5.75 Å². The molecule has 0 aliphatic rings. The van der Waals surface area contributed by atoms with E-state index in [1.807, 2.05) is 54.6 Å². The molecule has 1 amide bonds. The first-order valence-electron chi connectivity index (χ1n) is 7.09. The van der Waals surface area contributed by atoms with Gasteiger partial charge in [-0.25, -0.2) is 0 Å². The standard InChI is InChI=1S/C17H20N2O2/c1-2-11-21-16-10-6-9-15(12-16)19-17(20)13-18-14-7-4-3-5-8-14/h3-10,12,18H,2,11,13H2,1H3,(H,19,20). The van der Waals surface area contributed by atoms with Crippen molar-refractivity contribution in [2.45, 2.75) is 13.3 Å². The minimum atomic E-state index is -0.0912. The molecule has 4 nitrogen and oxygen atoms in total. The van der Waals surface area contributed by atoms with E-state index in [1.54, 1.807) is 0 Å². The number of rotatable bonds is 7. The number of benzene rings is 2. The van der Waals surface area contributed by atoms with Crippen LogP contribution >= 0.6 is 0 Å². The van der Waals surface area contributed by atoms with Crippen LogP contribution in [0.1, 0.15) is 13.3 Å². The van der Waals surface area contributed by atoms with E-state index >= 15 is 0 Å². The van der Waals surface area contributed by atoms with Crippen LogP contribution in [0.25, 0.3) is 0 Å². The SMILES string of the molecule is CCCOc1cccc(NC(=O)CNc2ccccc2)c1. The third-order valence-electron chi connectivity index (χ3n) is 2.82. The molecule has 2 aromatic rings. The average molecular weight is 284 g/mol. The number of hydrogen-bond donors (Lipinski definition) is 2. The molecule has 0 heterocycles. The number of anilines is 2. The van der Waals surface area contributed by atoms with Crippen LogP contribution in [0.2, 0.25) is 0 Å². The molecule has 0 fully saturated rings. The van der Waals surface area contributed by atoms with E-state index in [-0.39, 0.29) is 12.5 Å². The first-order valence-corrected chi connectivity index (χ1v) is 7.09. The summed E-state index contributed by atoms with van der Waals surface area (Å²) in [5, 5.41) is 5.92. The molecule has 0 unspecified atom stereocenters. The zero-order valence-corrected chi connectivity index (χ0v) is 12.1. The van der Waals surface area contributed by atoms with Crippen LogP contribution in [0.3, 0.4) is 0 Å². The van der Waals surface area contributed by atoms with Gasteiger partial charge < -0.3 is 15.4 Å². The van der Waals surface area contributed by atoms with Crippen molar-refractivity contribution in [3.63, 3.8) is 0 Å². The van der Waals surface area contributed by atoms with Crippen molar-refractivity contribution in [2.75, 3.05) is 23.8 Å². The van der Waals surface area contributed by atoms with Crippen molar-refractivity contribution in [1.29, 1.82) is 0 Å². The topological polar surface area (TPSA) is 50.4 Å².